The molecule has 1 saturated carbocycles. The molecule has 0 bridgehead atoms. The molecule has 0 heterocycles. The lowest BCUT2D eigenvalue weighted by atomic mass is 10.0. The Kier molecular flexibility index (Phi) is 31.0. The summed E-state index contributed by atoms with van der Waals surface area (Å²) in [5.74, 6) is 1.32. The minimum atomic E-state index is -1.30. The second-order valence-electron chi connectivity index (χ2n) is 15.6. The smallest absolute Gasteiger partial charge is 0.249 e. The molecule has 1 fully saturated rings. The van der Waals surface area contributed by atoms with Gasteiger partial charge in [-0.05, 0) is 43.9 Å². The molecule has 1 rings (SSSR count). The van der Waals surface area contributed by atoms with Crippen LogP contribution < -0.4 is 5.32 Å². The highest BCUT2D eigenvalue weighted by Gasteiger charge is 2.35. The lowest BCUT2D eigenvalue weighted by Crippen LogP contribution is -2.52. The third-order valence-corrected chi connectivity index (χ3v) is 11.0. The van der Waals surface area contributed by atoms with Crippen LogP contribution in [-0.4, -0.2) is 57.3 Å². The Morgan fingerprint density at radius 2 is 1.06 bits per heavy atom. The third kappa shape index (κ3) is 26.5. The molecule has 0 spiro atoms. The van der Waals surface area contributed by atoms with E-state index >= 15 is 0 Å². The van der Waals surface area contributed by atoms with Gasteiger partial charge in [0.15, 0.2) is 0 Å². The Morgan fingerprint density at radius 3 is 1.53 bits per heavy atom. The first kappa shape index (κ1) is 46.1. The molecule has 6 atom stereocenters. The number of carbonyl (C=O) groups is 1. The van der Waals surface area contributed by atoms with Gasteiger partial charge in [0.05, 0.1) is 18.8 Å². The van der Waals surface area contributed by atoms with Crippen LogP contribution in [0.1, 0.15) is 213 Å². The summed E-state index contributed by atoms with van der Waals surface area (Å²) in [6, 6.07) is -1.01. The average Bonchev–Trinajstić information content (AvgIpc) is 3.87. The van der Waals surface area contributed by atoms with Crippen molar-refractivity contribution in [2.45, 2.75) is 237 Å². The minimum Gasteiger partial charge on any atom is -0.394 e. The van der Waals surface area contributed by atoms with Gasteiger partial charge in [0.2, 0.25) is 5.91 Å². The van der Waals surface area contributed by atoms with E-state index < -0.39 is 36.9 Å². The van der Waals surface area contributed by atoms with Crippen LogP contribution in [0.3, 0.4) is 0 Å². The fourth-order valence-corrected chi connectivity index (χ4v) is 7.33. The molecule has 0 aromatic rings. The Balaban J connectivity index is 1.95. The Labute approximate surface area is 303 Å². The van der Waals surface area contributed by atoms with Gasteiger partial charge in [0, 0.05) is 0 Å². The first-order valence-corrected chi connectivity index (χ1v) is 21.5. The standard InChI is InChI=1S/C43H83NO5/c1-3-5-7-8-9-10-11-12-13-14-15-16-17-18-19-20-21-22-23-26-30-34-41(47)43(49)44-39(36-45)42(48)40(46)33-29-27-24-25-28-32-38-35-37(38)31-6-4-2/h27,29,37-42,45-48H,3-26,28,30-36H2,1-2H3,(H,44,49). The fourth-order valence-electron chi connectivity index (χ4n) is 7.33. The SMILES string of the molecule is CCCCCCCCCCCCCCCCCCCCCCCC(O)C(=O)NC(CO)C(O)C(O)CC=CCCCCC1CC1CCCC. The lowest BCUT2D eigenvalue weighted by molar-refractivity contribution is -0.132. The van der Waals surface area contributed by atoms with Crippen molar-refractivity contribution >= 4 is 5.91 Å². The van der Waals surface area contributed by atoms with Gasteiger partial charge in [0.25, 0.3) is 0 Å². The van der Waals surface area contributed by atoms with Gasteiger partial charge in [0.1, 0.15) is 12.2 Å². The van der Waals surface area contributed by atoms with Gasteiger partial charge >= 0.3 is 0 Å². The molecular weight excluding hydrogens is 610 g/mol. The third-order valence-electron chi connectivity index (χ3n) is 11.0. The van der Waals surface area contributed by atoms with Crippen molar-refractivity contribution in [2.75, 3.05) is 6.61 Å². The molecule has 6 nitrogen and oxygen atoms in total. The zero-order chi connectivity index (χ0) is 35.8. The van der Waals surface area contributed by atoms with Crippen LogP contribution in [0.4, 0.5) is 0 Å². The molecule has 0 aromatic heterocycles. The second-order valence-corrected chi connectivity index (χ2v) is 15.6. The normalized spacial score (nSPS) is 18.5. The fraction of sp³-hybridized carbons (Fsp3) is 0.930. The van der Waals surface area contributed by atoms with Crippen LogP contribution >= 0.6 is 0 Å². The van der Waals surface area contributed by atoms with E-state index in [2.05, 4.69) is 25.2 Å². The maximum absolute atomic E-state index is 12.5. The Bertz CT molecular complexity index is 761. The summed E-state index contributed by atoms with van der Waals surface area (Å²) in [4.78, 5) is 12.5. The summed E-state index contributed by atoms with van der Waals surface area (Å²) >= 11 is 0. The molecule has 1 aliphatic carbocycles. The molecule has 290 valence electrons. The minimum absolute atomic E-state index is 0.261. The summed E-state index contributed by atoms with van der Waals surface area (Å²) in [7, 11) is 0. The van der Waals surface area contributed by atoms with Crippen molar-refractivity contribution in [1.82, 2.24) is 5.32 Å². The van der Waals surface area contributed by atoms with Gasteiger partial charge < -0.3 is 25.7 Å². The maximum atomic E-state index is 12.5. The first-order valence-electron chi connectivity index (χ1n) is 21.5. The average molecular weight is 694 g/mol. The molecule has 0 radical (unpaired) electrons. The summed E-state index contributed by atoms with van der Waals surface area (Å²) in [5.41, 5.74) is 0. The van der Waals surface area contributed by atoms with E-state index in [0.717, 1.165) is 43.9 Å². The molecule has 1 aliphatic rings. The van der Waals surface area contributed by atoms with Crippen LogP contribution in [0.15, 0.2) is 12.2 Å². The highest BCUT2D eigenvalue weighted by molar-refractivity contribution is 5.80. The summed E-state index contributed by atoms with van der Waals surface area (Å²) in [5, 5.41) is 43.5. The van der Waals surface area contributed by atoms with E-state index in [4.69, 9.17) is 0 Å². The predicted molar refractivity (Wildman–Crippen MR) is 208 cm³/mol. The predicted octanol–water partition coefficient (Wildman–Crippen LogP) is 10.5. The number of carbonyl (C=O) groups excluding carboxylic acids is 1. The summed E-state index contributed by atoms with van der Waals surface area (Å²) in [6.45, 7) is 4.04. The van der Waals surface area contributed by atoms with Crippen molar-refractivity contribution in [3.63, 3.8) is 0 Å². The number of nitrogens with one attached hydrogen (secondary N) is 1. The van der Waals surface area contributed by atoms with E-state index in [1.54, 1.807) is 0 Å². The molecular formula is C43H83NO5. The zero-order valence-electron chi connectivity index (χ0n) is 32.4. The molecule has 1 amide bonds. The molecule has 49 heavy (non-hydrogen) atoms. The number of hydrogen-bond donors (Lipinski definition) is 5. The van der Waals surface area contributed by atoms with E-state index in [1.807, 2.05) is 6.08 Å². The molecule has 0 aliphatic heterocycles. The topological polar surface area (TPSA) is 110 Å². The monoisotopic (exact) mass is 694 g/mol. The van der Waals surface area contributed by atoms with E-state index in [9.17, 15) is 25.2 Å². The number of rotatable bonds is 37. The van der Waals surface area contributed by atoms with Gasteiger partial charge in [-0.1, -0.05) is 193 Å². The largest absolute Gasteiger partial charge is 0.394 e. The zero-order valence-corrected chi connectivity index (χ0v) is 32.4. The molecule has 6 unspecified atom stereocenters. The number of hydrogen-bond acceptors (Lipinski definition) is 5. The van der Waals surface area contributed by atoms with Crippen LogP contribution in [0.25, 0.3) is 0 Å². The van der Waals surface area contributed by atoms with Crippen LogP contribution in [0.5, 0.6) is 0 Å². The summed E-state index contributed by atoms with van der Waals surface area (Å²) < 4.78 is 0. The van der Waals surface area contributed by atoms with Crippen molar-refractivity contribution in [3.8, 4) is 0 Å². The molecule has 0 aromatic carbocycles. The number of unbranched alkanes of at least 4 members (excludes halogenated alkanes) is 23. The Hall–Kier alpha value is -0.950. The number of aliphatic hydroxyl groups excluding tert-OH is 4. The van der Waals surface area contributed by atoms with E-state index in [0.29, 0.717) is 6.42 Å². The number of aliphatic hydroxyl groups is 4. The molecule has 0 saturated heterocycles. The van der Waals surface area contributed by atoms with Gasteiger partial charge in [-0.15, -0.1) is 0 Å². The van der Waals surface area contributed by atoms with E-state index in [-0.39, 0.29) is 6.42 Å². The lowest BCUT2D eigenvalue weighted by Gasteiger charge is -2.26. The van der Waals surface area contributed by atoms with Crippen LogP contribution in [0.2, 0.25) is 0 Å². The van der Waals surface area contributed by atoms with E-state index in [1.165, 1.54) is 154 Å². The van der Waals surface area contributed by atoms with Crippen LogP contribution in [0, 0.1) is 11.8 Å². The van der Waals surface area contributed by atoms with Crippen LogP contribution in [-0.2, 0) is 4.79 Å². The quantitative estimate of drug-likeness (QED) is 0.0329. The van der Waals surface area contributed by atoms with Gasteiger partial charge in [-0.2, -0.15) is 0 Å². The first-order chi connectivity index (χ1) is 23.9. The van der Waals surface area contributed by atoms with Gasteiger partial charge in [-0.25, -0.2) is 0 Å². The van der Waals surface area contributed by atoms with Crippen molar-refractivity contribution in [2.24, 2.45) is 11.8 Å². The highest BCUT2D eigenvalue weighted by atomic mass is 16.3. The van der Waals surface area contributed by atoms with Gasteiger partial charge in [-0.3, -0.25) is 4.79 Å². The van der Waals surface area contributed by atoms with Crippen molar-refractivity contribution in [3.05, 3.63) is 12.2 Å². The van der Waals surface area contributed by atoms with Crippen molar-refractivity contribution in [1.29, 1.82) is 0 Å². The number of allylic oxidation sites excluding steroid dienone is 1. The maximum Gasteiger partial charge on any atom is 0.249 e. The molecule has 6 heteroatoms. The van der Waals surface area contributed by atoms with Crippen molar-refractivity contribution < 1.29 is 25.2 Å². The molecule has 5 N–H and O–H groups in total. The summed E-state index contributed by atoms with van der Waals surface area (Å²) in [6.07, 6.45) is 38.8. The Morgan fingerprint density at radius 1 is 0.612 bits per heavy atom. The second kappa shape index (κ2) is 32.9. The highest BCUT2D eigenvalue weighted by Crippen LogP contribution is 2.45. The number of amides is 1.